The quantitative estimate of drug-likeness (QED) is 0.175. The van der Waals surface area contributed by atoms with E-state index in [9.17, 15) is 0 Å². The molecule has 0 spiro atoms. The molecule has 0 amide bonds. The Morgan fingerprint density at radius 3 is 1.58 bits per heavy atom. The number of hydrogen-bond donors (Lipinski definition) is 0. The summed E-state index contributed by atoms with van der Waals surface area (Å²) in [6.45, 7) is 9.54. The highest BCUT2D eigenvalue weighted by Crippen LogP contribution is 2.56. The van der Waals surface area contributed by atoms with Crippen molar-refractivity contribution in [2.24, 2.45) is 0 Å². The molecule has 1 nitrogen and oxygen atoms in total. The fraction of sp³-hybridized carbons (Fsp3) is 0.115. The third-order valence-corrected chi connectivity index (χ3v) is 12.0. The summed E-state index contributed by atoms with van der Waals surface area (Å²) in [5, 5.41) is 2.56. The van der Waals surface area contributed by atoms with Gasteiger partial charge in [0.1, 0.15) is 0 Å². The van der Waals surface area contributed by atoms with E-state index < -0.39 is 0 Å². The van der Waals surface area contributed by atoms with Gasteiger partial charge in [-0.15, -0.1) is 0 Å². The normalized spacial score (nSPS) is 14.3. The maximum atomic E-state index is 2.50. The molecular weight excluding hydrogens is 639 g/mol. The zero-order chi connectivity index (χ0) is 35.9. The minimum atomic E-state index is -0.168. The molecule has 0 aromatic heterocycles. The number of fused-ring (bicyclic) bond motifs is 8. The van der Waals surface area contributed by atoms with Gasteiger partial charge >= 0.3 is 0 Å². The monoisotopic (exact) mass is 679 g/mol. The van der Waals surface area contributed by atoms with E-state index in [0.717, 1.165) is 5.69 Å². The van der Waals surface area contributed by atoms with Gasteiger partial charge in [-0.2, -0.15) is 0 Å². The maximum absolute atomic E-state index is 2.50. The molecule has 0 atom stereocenters. The molecule has 0 bridgehead atoms. The zero-order valence-corrected chi connectivity index (χ0v) is 30.7. The lowest BCUT2D eigenvalue weighted by Crippen LogP contribution is -2.18. The second-order valence-electron chi connectivity index (χ2n) is 15.8. The maximum Gasteiger partial charge on any atom is 0.0546 e. The summed E-state index contributed by atoms with van der Waals surface area (Å²) in [6.07, 6.45) is 0. The Labute approximate surface area is 312 Å². The Balaban J connectivity index is 1.21. The van der Waals surface area contributed by atoms with Gasteiger partial charge < -0.3 is 4.90 Å². The lowest BCUT2D eigenvalue weighted by molar-refractivity contribution is 0.660. The number of rotatable bonds is 5. The fourth-order valence-electron chi connectivity index (χ4n) is 9.36. The predicted octanol–water partition coefficient (Wildman–Crippen LogP) is 14.3. The third-order valence-electron chi connectivity index (χ3n) is 12.0. The topological polar surface area (TPSA) is 3.24 Å². The molecule has 8 aromatic carbocycles. The lowest BCUT2D eigenvalue weighted by atomic mass is 9.79. The molecule has 2 aliphatic rings. The van der Waals surface area contributed by atoms with Crippen molar-refractivity contribution in [2.45, 2.75) is 38.5 Å². The summed E-state index contributed by atoms with van der Waals surface area (Å²) in [6, 6.07) is 65.2. The van der Waals surface area contributed by atoms with E-state index in [2.05, 4.69) is 209 Å². The van der Waals surface area contributed by atoms with Crippen LogP contribution in [-0.2, 0) is 10.8 Å². The van der Waals surface area contributed by atoms with Crippen molar-refractivity contribution in [1.82, 2.24) is 0 Å². The summed E-state index contributed by atoms with van der Waals surface area (Å²) in [7, 11) is 0. The van der Waals surface area contributed by atoms with E-state index >= 15 is 0 Å². The molecule has 8 aromatic rings. The molecule has 1 heteroatoms. The van der Waals surface area contributed by atoms with E-state index in [1.165, 1.54) is 88.9 Å². The molecule has 0 heterocycles. The zero-order valence-electron chi connectivity index (χ0n) is 30.7. The number of nitrogens with zero attached hydrogens (tertiary/aromatic N) is 1. The number of anilines is 3. The van der Waals surface area contributed by atoms with Crippen LogP contribution >= 0.6 is 0 Å². The highest BCUT2D eigenvalue weighted by molar-refractivity contribution is 6.07. The molecule has 0 saturated carbocycles. The van der Waals surface area contributed by atoms with Crippen LogP contribution in [0.4, 0.5) is 17.1 Å². The van der Waals surface area contributed by atoms with Crippen LogP contribution in [0.3, 0.4) is 0 Å². The van der Waals surface area contributed by atoms with Crippen LogP contribution in [0.25, 0.3) is 55.3 Å². The van der Waals surface area contributed by atoms with Crippen LogP contribution in [0, 0.1) is 0 Å². The van der Waals surface area contributed by atoms with Crippen molar-refractivity contribution in [3.63, 3.8) is 0 Å². The van der Waals surface area contributed by atoms with Crippen molar-refractivity contribution in [3.05, 3.63) is 198 Å². The molecule has 10 rings (SSSR count). The van der Waals surface area contributed by atoms with Crippen LogP contribution in [-0.4, -0.2) is 0 Å². The van der Waals surface area contributed by atoms with Gasteiger partial charge in [-0.25, -0.2) is 0 Å². The van der Waals surface area contributed by atoms with Crippen LogP contribution in [0.1, 0.15) is 49.9 Å². The van der Waals surface area contributed by atoms with Crippen LogP contribution in [0.5, 0.6) is 0 Å². The molecule has 0 unspecified atom stereocenters. The molecule has 0 saturated heterocycles. The van der Waals surface area contributed by atoms with Crippen molar-refractivity contribution in [2.75, 3.05) is 4.90 Å². The van der Waals surface area contributed by atoms with E-state index in [4.69, 9.17) is 0 Å². The van der Waals surface area contributed by atoms with E-state index in [1.54, 1.807) is 0 Å². The minimum Gasteiger partial charge on any atom is -0.310 e. The Morgan fingerprint density at radius 1 is 0.340 bits per heavy atom. The average molecular weight is 680 g/mol. The predicted molar refractivity (Wildman–Crippen MR) is 225 cm³/mol. The van der Waals surface area contributed by atoms with Crippen LogP contribution < -0.4 is 4.90 Å². The highest BCUT2D eigenvalue weighted by Gasteiger charge is 2.39. The minimum absolute atomic E-state index is 0.107. The number of benzene rings is 8. The van der Waals surface area contributed by atoms with E-state index in [0.29, 0.717) is 0 Å². The molecular formula is C52H41N. The van der Waals surface area contributed by atoms with Crippen LogP contribution in [0.15, 0.2) is 176 Å². The van der Waals surface area contributed by atoms with Gasteiger partial charge in [-0.05, 0) is 109 Å². The Hall–Kier alpha value is -6.18. The second-order valence-corrected chi connectivity index (χ2v) is 15.8. The first-order valence-corrected chi connectivity index (χ1v) is 18.8. The van der Waals surface area contributed by atoms with Gasteiger partial charge in [-0.3, -0.25) is 0 Å². The molecule has 0 aliphatic heterocycles. The van der Waals surface area contributed by atoms with Crippen LogP contribution in [0.2, 0.25) is 0 Å². The van der Waals surface area contributed by atoms with Crippen molar-refractivity contribution < 1.29 is 0 Å². The SMILES string of the molecule is CC1(C)c2ccccc2-c2ccc(N(c3ccc(-c4ccccc4)cc3)c3cc4c(c5ccccc35)C(C)(C)c3cc(-c5ccccc5)ccc3-4)cc21. The molecule has 0 fully saturated rings. The van der Waals surface area contributed by atoms with Crippen molar-refractivity contribution in [1.29, 1.82) is 0 Å². The first-order valence-electron chi connectivity index (χ1n) is 18.8. The van der Waals surface area contributed by atoms with Crippen molar-refractivity contribution >= 4 is 27.8 Å². The van der Waals surface area contributed by atoms with Gasteiger partial charge in [0.05, 0.1) is 5.69 Å². The summed E-state index contributed by atoms with van der Waals surface area (Å²) < 4.78 is 0. The smallest absolute Gasteiger partial charge is 0.0546 e. The van der Waals surface area contributed by atoms with Gasteiger partial charge in [-0.1, -0.05) is 167 Å². The summed E-state index contributed by atoms with van der Waals surface area (Å²) >= 11 is 0. The van der Waals surface area contributed by atoms with E-state index in [1.807, 2.05) is 0 Å². The largest absolute Gasteiger partial charge is 0.310 e. The Kier molecular flexibility index (Phi) is 6.94. The number of hydrogen-bond acceptors (Lipinski definition) is 1. The summed E-state index contributed by atoms with van der Waals surface area (Å²) in [4.78, 5) is 2.50. The van der Waals surface area contributed by atoms with Crippen molar-refractivity contribution in [3.8, 4) is 44.5 Å². The molecule has 0 radical (unpaired) electrons. The molecule has 254 valence electrons. The molecule has 0 N–H and O–H groups in total. The third kappa shape index (κ3) is 4.77. The first-order chi connectivity index (χ1) is 25.8. The average Bonchev–Trinajstić information content (AvgIpc) is 3.58. The van der Waals surface area contributed by atoms with Gasteiger partial charge in [0.25, 0.3) is 0 Å². The van der Waals surface area contributed by atoms with Gasteiger partial charge in [0, 0.05) is 27.6 Å². The van der Waals surface area contributed by atoms with E-state index in [-0.39, 0.29) is 10.8 Å². The Bertz CT molecular complexity index is 2700. The molecule has 2 aliphatic carbocycles. The summed E-state index contributed by atoms with van der Waals surface area (Å²) in [5.41, 5.74) is 19.0. The highest BCUT2D eigenvalue weighted by atomic mass is 15.1. The standard InChI is InChI=1S/C52H41N/c1-51(2)46-22-14-13-19-40(46)41-30-28-39(32-48(41)51)53(38-26-23-36(24-27-38)34-15-7-5-8-16-34)49-33-45-42-29-25-37(35-17-9-6-10-18-35)31-47(42)52(3,4)50(45)44-21-12-11-20-43(44)49/h5-33H,1-4H3. The second kappa shape index (κ2) is 11.7. The Morgan fingerprint density at radius 2 is 0.849 bits per heavy atom. The summed E-state index contributed by atoms with van der Waals surface area (Å²) in [5.74, 6) is 0. The first kappa shape index (κ1) is 31.5. The lowest BCUT2D eigenvalue weighted by Gasteiger charge is -2.31. The van der Waals surface area contributed by atoms with Gasteiger partial charge in [0.15, 0.2) is 0 Å². The fourth-order valence-corrected chi connectivity index (χ4v) is 9.36. The van der Waals surface area contributed by atoms with Gasteiger partial charge in [0.2, 0.25) is 0 Å². The molecule has 53 heavy (non-hydrogen) atoms.